The first-order valence-corrected chi connectivity index (χ1v) is 9.95. The molecule has 0 unspecified atom stereocenters. The van der Waals surface area contributed by atoms with Crippen molar-refractivity contribution in [2.24, 2.45) is 19.5 Å². The van der Waals surface area contributed by atoms with E-state index in [9.17, 15) is 0 Å². The average Bonchev–Trinajstić information content (AvgIpc) is 2.92. The molecule has 3 nitrogen and oxygen atoms in total. The summed E-state index contributed by atoms with van der Waals surface area (Å²) in [5.41, 5.74) is 6.56. The third-order valence-electron chi connectivity index (χ3n) is 5.78. The van der Waals surface area contributed by atoms with E-state index in [-0.39, 0.29) is 5.41 Å². The van der Waals surface area contributed by atoms with E-state index in [4.69, 9.17) is 4.74 Å². The molecule has 0 radical (unpaired) electrons. The van der Waals surface area contributed by atoms with Gasteiger partial charge in [0.1, 0.15) is 7.05 Å². The minimum Gasteiger partial charge on any atom is -0.447 e. The molecule has 28 heavy (non-hydrogen) atoms. The lowest BCUT2D eigenvalue weighted by Crippen LogP contribution is -2.32. The van der Waals surface area contributed by atoms with Gasteiger partial charge >= 0.3 is 0 Å². The molecule has 0 aliphatic carbocycles. The third-order valence-corrected chi connectivity index (χ3v) is 5.78. The Bertz CT molecular complexity index is 1270. The predicted octanol–water partition coefficient (Wildman–Crippen LogP) is 5.83. The monoisotopic (exact) mass is 371 g/mol. The Morgan fingerprint density at radius 2 is 1.89 bits per heavy atom. The van der Waals surface area contributed by atoms with Crippen LogP contribution in [0, 0.1) is 12.3 Å². The maximum Gasteiger partial charge on any atom is 0.257 e. The van der Waals surface area contributed by atoms with E-state index in [1.807, 2.05) is 0 Å². The SMILES string of the molecule is Cc1ccc2c3c(cn2C)Oc2c([n+](C)cc4ccc(CC(C)(C)C)cc24)-c13. The number of fused-ring (bicyclic) bond motifs is 4. The molecule has 0 fully saturated rings. The second kappa shape index (κ2) is 5.60. The summed E-state index contributed by atoms with van der Waals surface area (Å²) in [6.07, 6.45) is 5.38. The third kappa shape index (κ3) is 2.46. The van der Waals surface area contributed by atoms with Crippen molar-refractivity contribution in [3.63, 3.8) is 0 Å². The topological polar surface area (TPSA) is 18.0 Å². The van der Waals surface area contributed by atoms with Crippen LogP contribution in [-0.4, -0.2) is 4.57 Å². The van der Waals surface area contributed by atoms with Crippen molar-refractivity contribution in [2.75, 3.05) is 0 Å². The van der Waals surface area contributed by atoms with Gasteiger partial charge in [-0.1, -0.05) is 32.9 Å². The Labute approximate surface area is 166 Å². The van der Waals surface area contributed by atoms with Gasteiger partial charge in [0.15, 0.2) is 11.9 Å². The summed E-state index contributed by atoms with van der Waals surface area (Å²) in [5.74, 6) is 1.93. The van der Waals surface area contributed by atoms with Crippen LogP contribution in [0.5, 0.6) is 11.5 Å². The van der Waals surface area contributed by atoms with Gasteiger partial charge < -0.3 is 9.30 Å². The summed E-state index contributed by atoms with van der Waals surface area (Å²) in [6.45, 7) is 9.05. The zero-order chi connectivity index (χ0) is 19.8. The van der Waals surface area contributed by atoms with Crippen molar-refractivity contribution in [2.45, 2.75) is 34.1 Å². The van der Waals surface area contributed by atoms with Gasteiger partial charge in [0.05, 0.1) is 16.5 Å². The number of aromatic nitrogens is 2. The minimum absolute atomic E-state index is 0.253. The summed E-state index contributed by atoms with van der Waals surface area (Å²) in [4.78, 5) is 0. The van der Waals surface area contributed by atoms with Crippen molar-refractivity contribution < 1.29 is 9.30 Å². The zero-order valence-corrected chi connectivity index (χ0v) is 17.6. The number of ether oxygens (including phenoxy) is 1. The lowest BCUT2D eigenvalue weighted by molar-refractivity contribution is -0.659. The van der Waals surface area contributed by atoms with Gasteiger partial charge in [0.2, 0.25) is 5.75 Å². The fourth-order valence-electron chi connectivity index (χ4n) is 4.63. The summed E-state index contributed by atoms with van der Waals surface area (Å²) in [5, 5.41) is 3.62. The molecule has 5 rings (SSSR count). The molecule has 0 saturated carbocycles. The average molecular weight is 372 g/mol. The molecule has 0 bridgehead atoms. The van der Waals surface area contributed by atoms with Gasteiger partial charge in [-0.05, 0) is 48.1 Å². The Kier molecular flexibility index (Phi) is 3.46. The highest BCUT2D eigenvalue weighted by atomic mass is 16.5. The van der Waals surface area contributed by atoms with E-state index in [2.05, 4.69) is 93.7 Å². The van der Waals surface area contributed by atoms with Crippen LogP contribution >= 0.6 is 0 Å². The van der Waals surface area contributed by atoms with Crippen molar-refractivity contribution in [3.05, 3.63) is 53.9 Å². The lowest BCUT2D eigenvalue weighted by Gasteiger charge is -2.21. The van der Waals surface area contributed by atoms with Gasteiger partial charge in [-0.3, -0.25) is 0 Å². The van der Waals surface area contributed by atoms with Gasteiger partial charge in [0, 0.05) is 24.0 Å². The number of aryl methyl sites for hydroxylation is 3. The van der Waals surface area contributed by atoms with Crippen LogP contribution in [0.15, 0.2) is 42.7 Å². The molecule has 1 aliphatic heterocycles. The molecule has 2 aromatic heterocycles. The molecule has 0 amide bonds. The van der Waals surface area contributed by atoms with Gasteiger partial charge in [-0.25, -0.2) is 0 Å². The van der Waals surface area contributed by atoms with Crippen molar-refractivity contribution >= 4 is 21.7 Å². The summed E-state index contributed by atoms with van der Waals surface area (Å²) in [7, 11) is 4.21. The second-order valence-electron chi connectivity index (χ2n) is 9.43. The lowest BCUT2D eigenvalue weighted by atomic mass is 9.87. The van der Waals surface area contributed by atoms with E-state index in [0.717, 1.165) is 17.9 Å². The predicted molar refractivity (Wildman–Crippen MR) is 115 cm³/mol. The summed E-state index contributed by atoms with van der Waals surface area (Å²) >= 11 is 0. The molecule has 3 heterocycles. The van der Waals surface area contributed by atoms with Crippen molar-refractivity contribution in [3.8, 4) is 22.8 Å². The summed E-state index contributed by atoms with van der Waals surface area (Å²) in [6, 6.07) is 11.2. The minimum atomic E-state index is 0.253. The smallest absolute Gasteiger partial charge is 0.257 e. The van der Waals surface area contributed by atoms with E-state index >= 15 is 0 Å². The fraction of sp³-hybridized carbons (Fsp3) is 0.320. The molecule has 0 N–H and O–H groups in total. The number of pyridine rings is 1. The second-order valence-corrected chi connectivity index (χ2v) is 9.43. The Hall–Kier alpha value is -2.81. The van der Waals surface area contributed by atoms with E-state index in [1.54, 1.807) is 0 Å². The van der Waals surface area contributed by atoms with Gasteiger partial charge in [-0.15, -0.1) is 0 Å². The van der Waals surface area contributed by atoms with Crippen LogP contribution < -0.4 is 9.30 Å². The Morgan fingerprint density at radius 1 is 1.11 bits per heavy atom. The number of rotatable bonds is 1. The molecule has 4 aromatic rings. The van der Waals surface area contributed by atoms with Gasteiger partial charge in [-0.2, -0.15) is 4.57 Å². The normalized spacial score (nSPS) is 13.1. The highest BCUT2D eigenvalue weighted by Crippen LogP contribution is 2.49. The maximum atomic E-state index is 6.56. The van der Waals surface area contributed by atoms with E-state index in [1.165, 1.54) is 44.1 Å². The largest absolute Gasteiger partial charge is 0.447 e. The Morgan fingerprint density at radius 3 is 2.64 bits per heavy atom. The molecular formula is C25H27N2O+. The molecular weight excluding hydrogens is 344 g/mol. The number of benzene rings is 2. The maximum absolute atomic E-state index is 6.56. The summed E-state index contributed by atoms with van der Waals surface area (Å²) < 4.78 is 10.9. The first kappa shape index (κ1) is 17.3. The van der Waals surface area contributed by atoms with Crippen molar-refractivity contribution in [1.82, 2.24) is 4.57 Å². The first-order chi connectivity index (χ1) is 13.2. The van der Waals surface area contributed by atoms with Crippen LogP contribution in [-0.2, 0) is 20.5 Å². The molecule has 0 atom stereocenters. The molecule has 3 heteroatoms. The highest BCUT2D eigenvalue weighted by Gasteiger charge is 2.32. The van der Waals surface area contributed by atoms with Gasteiger partial charge in [0.25, 0.3) is 5.69 Å². The quantitative estimate of drug-likeness (QED) is 0.339. The number of hydrogen-bond acceptors (Lipinski definition) is 1. The number of nitrogens with zero attached hydrogens (tertiary/aromatic N) is 2. The molecule has 0 spiro atoms. The van der Waals surface area contributed by atoms with Crippen LogP contribution in [0.4, 0.5) is 0 Å². The molecule has 142 valence electrons. The molecule has 0 saturated heterocycles. The van der Waals surface area contributed by atoms with Crippen LogP contribution in [0.2, 0.25) is 0 Å². The standard InChI is InChI=1S/C25H27N2O/c1-15-7-10-19-22-20(14-26(19)5)28-24-18-11-16(12-25(2,3)4)8-9-17(18)13-27(6)23(24)21(15)22/h7-11,13-14H,12H2,1-6H3/q+1. The van der Waals surface area contributed by atoms with E-state index < -0.39 is 0 Å². The molecule has 2 aromatic carbocycles. The fourth-order valence-corrected chi connectivity index (χ4v) is 4.63. The first-order valence-electron chi connectivity index (χ1n) is 9.95. The van der Waals surface area contributed by atoms with Crippen LogP contribution in [0.25, 0.3) is 32.9 Å². The van der Waals surface area contributed by atoms with Crippen LogP contribution in [0.1, 0.15) is 31.9 Å². The highest BCUT2D eigenvalue weighted by molar-refractivity contribution is 6.06. The van der Waals surface area contributed by atoms with Crippen molar-refractivity contribution in [1.29, 1.82) is 0 Å². The molecule has 1 aliphatic rings. The Balaban J connectivity index is 1.85. The zero-order valence-electron chi connectivity index (χ0n) is 17.6. The van der Waals surface area contributed by atoms with E-state index in [0.29, 0.717) is 0 Å². The van der Waals surface area contributed by atoms with Crippen LogP contribution in [0.3, 0.4) is 0 Å². The number of hydrogen-bond donors (Lipinski definition) is 0.